The van der Waals surface area contributed by atoms with Gasteiger partial charge in [0.25, 0.3) is 0 Å². The molecule has 1 N–H and O–H groups in total. The highest BCUT2D eigenvalue weighted by Gasteiger charge is 2.12. The zero-order valence-corrected chi connectivity index (χ0v) is 10.8. The summed E-state index contributed by atoms with van der Waals surface area (Å²) in [6, 6.07) is 3.87. The normalized spacial score (nSPS) is 10.1. The minimum Gasteiger partial charge on any atom is -0.496 e. The number of ether oxygens (including phenoxy) is 2. The van der Waals surface area contributed by atoms with Gasteiger partial charge in [0.1, 0.15) is 11.5 Å². The first-order valence-corrected chi connectivity index (χ1v) is 5.57. The molecule has 1 aromatic rings. The van der Waals surface area contributed by atoms with Crippen molar-refractivity contribution in [3.05, 3.63) is 22.2 Å². The summed E-state index contributed by atoms with van der Waals surface area (Å²) < 4.78 is 11.6. The predicted molar refractivity (Wildman–Crippen MR) is 64.9 cm³/mol. The van der Waals surface area contributed by atoms with E-state index in [0.29, 0.717) is 0 Å². The van der Waals surface area contributed by atoms with Crippen LogP contribution in [0.4, 0.5) is 0 Å². The SMILES string of the molecule is CNCCc1c(OC)ccc(Br)c1OC. The minimum atomic E-state index is 0.851. The topological polar surface area (TPSA) is 30.5 Å². The Balaban J connectivity index is 3.09. The molecule has 0 saturated carbocycles. The third kappa shape index (κ3) is 2.86. The summed E-state index contributed by atoms with van der Waals surface area (Å²) in [4.78, 5) is 0. The van der Waals surface area contributed by atoms with E-state index in [9.17, 15) is 0 Å². The van der Waals surface area contributed by atoms with E-state index in [1.807, 2.05) is 19.2 Å². The van der Waals surface area contributed by atoms with Crippen LogP contribution in [-0.2, 0) is 6.42 Å². The molecule has 4 heteroatoms. The fourth-order valence-electron chi connectivity index (χ4n) is 1.48. The van der Waals surface area contributed by atoms with Crippen molar-refractivity contribution in [1.82, 2.24) is 5.32 Å². The van der Waals surface area contributed by atoms with Crippen molar-refractivity contribution < 1.29 is 9.47 Å². The number of rotatable bonds is 5. The number of likely N-dealkylation sites (N-methyl/N-ethyl adjacent to an activating group) is 1. The second-order valence-electron chi connectivity index (χ2n) is 3.12. The highest BCUT2D eigenvalue weighted by Crippen LogP contribution is 2.35. The standard InChI is InChI=1S/C11H16BrNO2/c1-13-7-6-8-10(14-2)5-4-9(12)11(8)15-3/h4-5,13H,6-7H2,1-3H3. The molecule has 3 nitrogen and oxygen atoms in total. The molecule has 0 aliphatic heterocycles. The molecule has 15 heavy (non-hydrogen) atoms. The van der Waals surface area contributed by atoms with Crippen LogP contribution in [0.15, 0.2) is 16.6 Å². The lowest BCUT2D eigenvalue weighted by atomic mass is 10.1. The van der Waals surface area contributed by atoms with Crippen molar-refractivity contribution in [3.63, 3.8) is 0 Å². The van der Waals surface area contributed by atoms with Crippen molar-refractivity contribution in [2.24, 2.45) is 0 Å². The molecule has 0 aliphatic rings. The van der Waals surface area contributed by atoms with Gasteiger partial charge in [0, 0.05) is 5.56 Å². The van der Waals surface area contributed by atoms with Crippen LogP contribution in [0.2, 0.25) is 0 Å². The van der Waals surface area contributed by atoms with Gasteiger partial charge < -0.3 is 14.8 Å². The molecule has 0 saturated heterocycles. The largest absolute Gasteiger partial charge is 0.496 e. The Bertz CT molecular complexity index is 329. The highest BCUT2D eigenvalue weighted by atomic mass is 79.9. The smallest absolute Gasteiger partial charge is 0.139 e. The summed E-state index contributed by atoms with van der Waals surface area (Å²) >= 11 is 3.46. The number of methoxy groups -OCH3 is 2. The van der Waals surface area contributed by atoms with Gasteiger partial charge in [0.15, 0.2) is 0 Å². The highest BCUT2D eigenvalue weighted by molar-refractivity contribution is 9.10. The Morgan fingerprint density at radius 3 is 2.53 bits per heavy atom. The summed E-state index contributed by atoms with van der Waals surface area (Å²) in [5.74, 6) is 1.72. The van der Waals surface area contributed by atoms with E-state index in [4.69, 9.17) is 9.47 Å². The maximum atomic E-state index is 5.36. The van der Waals surface area contributed by atoms with Gasteiger partial charge >= 0.3 is 0 Å². The maximum Gasteiger partial charge on any atom is 0.139 e. The van der Waals surface area contributed by atoms with Crippen molar-refractivity contribution in [2.75, 3.05) is 27.8 Å². The van der Waals surface area contributed by atoms with Crippen LogP contribution in [0.25, 0.3) is 0 Å². The Morgan fingerprint density at radius 1 is 1.27 bits per heavy atom. The number of hydrogen-bond acceptors (Lipinski definition) is 3. The number of nitrogens with one attached hydrogen (secondary N) is 1. The van der Waals surface area contributed by atoms with Gasteiger partial charge in [-0.05, 0) is 48.1 Å². The molecule has 1 aromatic carbocycles. The zero-order valence-electron chi connectivity index (χ0n) is 9.26. The molecule has 0 unspecified atom stereocenters. The van der Waals surface area contributed by atoms with Crippen LogP contribution in [0.1, 0.15) is 5.56 Å². The first-order valence-electron chi connectivity index (χ1n) is 4.78. The fraction of sp³-hybridized carbons (Fsp3) is 0.455. The predicted octanol–water partition coefficient (Wildman–Crippen LogP) is 2.23. The first kappa shape index (κ1) is 12.3. The van der Waals surface area contributed by atoms with Crippen LogP contribution in [0.5, 0.6) is 11.5 Å². The average molecular weight is 274 g/mol. The van der Waals surface area contributed by atoms with Crippen molar-refractivity contribution >= 4 is 15.9 Å². The lowest BCUT2D eigenvalue weighted by molar-refractivity contribution is 0.383. The second kappa shape index (κ2) is 5.98. The van der Waals surface area contributed by atoms with E-state index in [1.54, 1.807) is 14.2 Å². The summed E-state index contributed by atoms with van der Waals surface area (Å²) in [7, 11) is 5.27. The lowest BCUT2D eigenvalue weighted by Crippen LogP contribution is -2.11. The van der Waals surface area contributed by atoms with Crippen molar-refractivity contribution in [2.45, 2.75) is 6.42 Å². The molecule has 0 bridgehead atoms. The van der Waals surface area contributed by atoms with Gasteiger partial charge in [0.05, 0.1) is 18.7 Å². The summed E-state index contributed by atoms with van der Waals surface area (Å²) in [6.07, 6.45) is 0.877. The molecule has 0 heterocycles. The number of hydrogen-bond donors (Lipinski definition) is 1. The van der Waals surface area contributed by atoms with Gasteiger partial charge in [-0.3, -0.25) is 0 Å². The Kier molecular flexibility index (Phi) is 4.91. The Morgan fingerprint density at radius 2 is 2.00 bits per heavy atom. The molecule has 0 radical (unpaired) electrons. The Labute approximate surface area is 98.9 Å². The Hall–Kier alpha value is -0.740. The van der Waals surface area contributed by atoms with Gasteiger partial charge in [-0.15, -0.1) is 0 Å². The third-order valence-electron chi connectivity index (χ3n) is 2.22. The van der Waals surface area contributed by atoms with E-state index < -0.39 is 0 Å². The fourth-order valence-corrected chi connectivity index (χ4v) is 2.01. The van der Waals surface area contributed by atoms with Crippen LogP contribution in [0, 0.1) is 0 Å². The summed E-state index contributed by atoms with van der Waals surface area (Å²) in [5, 5.41) is 3.11. The molecular weight excluding hydrogens is 258 g/mol. The molecule has 0 atom stereocenters. The molecular formula is C11H16BrNO2. The number of halogens is 1. The lowest BCUT2D eigenvalue weighted by Gasteiger charge is -2.14. The van der Waals surface area contributed by atoms with Gasteiger partial charge in [-0.25, -0.2) is 0 Å². The molecule has 0 aliphatic carbocycles. The average Bonchev–Trinajstić information content (AvgIpc) is 2.26. The van der Waals surface area contributed by atoms with E-state index in [2.05, 4.69) is 21.2 Å². The van der Waals surface area contributed by atoms with Crippen molar-refractivity contribution in [3.8, 4) is 11.5 Å². The molecule has 84 valence electrons. The van der Waals surface area contributed by atoms with Crippen LogP contribution >= 0.6 is 15.9 Å². The maximum absolute atomic E-state index is 5.36. The summed E-state index contributed by atoms with van der Waals surface area (Å²) in [5.41, 5.74) is 1.09. The van der Waals surface area contributed by atoms with E-state index in [0.717, 1.165) is 34.5 Å². The van der Waals surface area contributed by atoms with Gasteiger partial charge in [-0.1, -0.05) is 0 Å². The van der Waals surface area contributed by atoms with E-state index in [1.165, 1.54) is 0 Å². The third-order valence-corrected chi connectivity index (χ3v) is 2.84. The van der Waals surface area contributed by atoms with Crippen molar-refractivity contribution in [1.29, 1.82) is 0 Å². The minimum absolute atomic E-state index is 0.851. The summed E-state index contributed by atoms with van der Waals surface area (Å²) in [6.45, 7) is 0.892. The van der Waals surface area contributed by atoms with Gasteiger partial charge in [0.2, 0.25) is 0 Å². The number of benzene rings is 1. The molecule has 0 amide bonds. The second-order valence-corrected chi connectivity index (χ2v) is 3.97. The molecule has 0 fully saturated rings. The quantitative estimate of drug-likeness (QED) is 0.893. The van der Waals surface area contributed by atoms with Crippen LogP contribution in [-0.4, -0.2) is 27.8 Å². The molecule has 1 rings (SSSR count). The first-order chi connectivity index (χ1) is 7.24. The zero-order chi connectivity index (χ0) is 11.3. The molecule has 0 spiro atoms. The van der Waals surface area contributed by atoms with Crippen LogP contribution in [0.3, 0.4) is 0 Å². The van der Waals surface area contributed by atoms with E-state index >= 15 is 0 Å². The van der Waals surface area contributed by atoms with Gasteiger partial charge in [-0.2, -0.15) is 0 Å². The molecule has 0 aromatic heterocycles. The van der Waals surface area contributed by atoms with Crippen LogP contribution < -0.4 is 14.8 Å². The monoisotopic (exact) mass is 273 g/mol. The van der Waals surface area contributed by atoms with E-state index in [-0.39, 0.29) is 0 Å².